The van der Waals surface area contributed by atoms with Crippen LogP contribution in [-0.2, 0) is 10.0 Å². The zero-order valence-corrected chi connectivity index (χ0v) is 11.2. The summed E-state index contributed by atoms with van der Waals surface area (Å²) in [6, 6.07) is 4.11. The van der Waals surface area contributed by atoms with Crippen LogP contribution in [0.15, 0.2) is 18.2 Å². The molecule has 1 unspecified atom stereocenters. The molecule has 0 amide bonds. The summed E-state index contributed by atoms with van der Waals surface area (Å²) < 4.78 is 38.8. The third-order valence-electron chi connectivity index (χ3n) is 2.85. The quantitative estimate of drug-likeness (QED) is 0.781. The molecule has 0 aliphatic carbocycles. The van der Waals surface area contributed by atoms with E-state index in [0.717, 1.165) is 6.07 Å². The smallest absolute Gasteiger partial charge is 0.235 e. The van der Waals surface area contributed by atoms with E-state index in [1.807, 2.05) is 6.92 Å². The van der Waals surface area contributed by atoms with Crippen LogP contribution in [0.1, 0.15) is 12.5 Å². The van der Waals surface area contributed by atoms with Gasteiger partial charge in [-0.1, -0.05) is 18.8 Å². The summed E-state index contributed by atoms with van der Waals surface area (Å²) in [5.41, 5.74) is 0.457. The Balaban J connectivity index is 2.35. The van der Waals surface area contributed by atoms with E-state index in [1.165, 1.54) is 16.4 Å². The minimum Gasteiger partial charge on any atom is -0.384 e. The van der Waals surface area contributed by atoms with E-state index in [4.69, 9.17) is 5.11 Å². The van der Waals surface area contributed by atoms with Gasteiger partial charge in [-0.15, -0.1) is 0 Å². The Bertz CT molecular complexity index is 646. The predicted molar refractivity (Wildman–Crippen MR) is 70.7 cm³/mol. The number of rotatable bonds is 1. The number of hydrogen-bond acceptors (Lipinski definition) is 3. The van der Waals surface area contributed by atoms with Crippen molar-refractivity contribution >= 4 is 15.7 Å². The summed E-state index contributed by atoms with van der Waals surface area (Å²) in [7, 11) is -3.35. The molecule has 1 aromatic rings. The van der Waals surface area contributed by atoms with Gasteiger partial charge in [0.15, 0.2) is 0 Å². The molecule has 1 fully saturated rings. The molecule has 1 aromatic carbocycles. The van der Waals surface area contributed by atoms with Crippen molar-refractivity contribution in [3.05, 3.63) is 29.6 Å². The average molecular weight is 283 g/mol. The fourth-order valence-corrected chi connectivity index (χ4v) is 3.98. The fraction of sp³-hybridized carbons (Fsp3) is 0.385. The Hall–Kier alpha value is -1.58. The molecule has 6 heteroatoms. The van der Waals surface area contributed by atoms with Gasteiger partial charge in [0.25, 0.3) is 0 Å². The Kier molecular flexibility index (Phi) is 3.78. The van der Waals surface area contributed by atoms with Crippen LogP contribution < -0.4 is 4.31 Å². The van der Waals surface area contributed by atoms with E-state index >= 15 is 0 Å². The summed E-state index contributed by atoms with van der Waals surface area (Å²) in [5.74, 6) is 4.34. The van der Waals surface area contributed by atoms with Crippen molar-refractivity contribution in [2.24, 2.45) is 5.92 Å². The molecule has 2 rings (SSSR count). The van der Waals surface area contributed by atoms with Crippen molar-refractivity contribution in [2.75, 3.05) is 23.2 Å². The summed E-state index contributed by atoms with van der Waals surface area (Å²) in [4.78, 5) is 0. The average Bonchev–Trinajstić information content (AvgIpc) is 2.61. The third kappa shape index (κ3) is 2.88. The molecule has 1 aliphatic heterocycles. The molecular weight excluding hydrogens is 269 g/mol. The van der Waals surface area contributed by atoms with Crippen LogP contribution in [0.2, 0.25) is 0 Å². The highest BCUT2D eigenvalue weighted by atomic mass is 32.2. The number of halogens is 1. The van der Waals surface area contributed by atoms with Crippen LogP contribution in [0, 0.1) is 23.6 Å². The summed E-state index contributed by atoms with van der Waals surface area (Å²) >= 11 is 0. The summed E-state index contributed by atoms with van der Waals surface area (Å²) in [6.45, 7) is 1.86. The largest absolute Gasteiger partial charge is 0.384 e. The van der Waals surface area contributed by atoms with Crippen LogP contribution in [0.5, 0.6) is 0 Å². The summed E-state index contributed by atoms with van der Waals surface area (Å²) in [5, 5.41) is 8.56. The van der Waals surface area contributed by atoms with Gasteiger partial charge < -0.3 is 5.11 Å². The van der Waals surface area contributed by atoms with E-state index < -0.39 is 15.8 Å². The second-order valence-electron chi connectivity index (χ2n) is 4.54. The van der Waals surface area contributed by atoms with Gasteiger partial charge in [0.1, 0.15) is 12.4 Å². The van der Waals surface area contributed by atoms with Crippen molar-refractivity contribution in [1.82, 2.24) is 0 Å². The minimum atomic E-state index is -3.35. The van der Waals surface area contributed by atoms with Gasteiger partial charge in [-0.05, 0) is 24.1 Å². The second kappa shape index (κ2) is 5.19. The maximum atomic E-state index is 13.8. The molecule has 0 radical (unpaired) electrons. The van der Waals surface area contributed by atoms with E-state index in [0.29, 0.717) is 12.2 Å². The van der Waals surface area contributed by atoms with Crippen LogP contribution in [0.3, 0.4) is 0 Å². The number of aliphatic hydroxyl groups excluding tert-OH is 1. The SMILES string of the molecule is CC1CN(c2ccc(C#CCO)c(F)c2)S(=O)(=O)C1. The molecule has 0 bridgehead atoms. The number of nitrogens with zero attached hydrogens (tertiary/aromatic N) is 1. The molecule has 102 valence electrons. The topological polar surface area (TPSA) is 57.6 Å². The molecule has 19 heavy (non-hydrogen) atoms. The lowest BCUT2D eigenvalue weighted by molar-refractivity contribution is 0.350. The van der Waals surface area contributed by atoms with Crippen LogP contribution in [0.4, 0.5) is 10.1 Å². The van der Waals surface area contributed by atoms with Crippen LogP contribution in [-0.4, -0.2) is 32.4 Å². The van der Waals surface area contributed by atoms with Gasteiger partial charge in [-0.2, -0.15) is 0 Å². The molecule has 1 heterocycles. The zero-order valence-electron chi connectivity index (χ0n) is 10.4. The van der Waals surface area contributed by atoms with Gasteiger partial charge >= 0.3 is 0 Å². The normalized spacial score (nSPS) is 21.0. The monoisotopic (exact) mass is 283 g/mol. The lowest BCUT2D eigenvalue weighted by Gasteiger charge is -2.17. The van der Waals surface area contributed by atoms with Crippen molar-refractivity contribution in [3.8, 4) is 11.8 Å². The Labute approximate surface area is 111 Å². The second-order valence-corrected chi connectivity index (χ2v) is 6.48. The first-order valence-corrected chi connectivity index (χ1v) is 7.44. The Morgan fingerprint density at radius 3 is 2.79 bits per heavy atom. The number of benzene rings is 1. The fourth-order valence-electron chi connectivity index (χ4n) is 2.06. The van der Waals surface area contributed by atoms with Gasteiger partial charge in [0, 0.05) is 6.54 Å². The minimum absolute atomic E-state index is 0.0296. The van der Waals surface area contributed by atoms with Gasteiger partial charge in [-0.25, -0.2) is 12.8 Å². The van der Waals surface area contributed by atoms with Crippen molar-refractivity contribution in [2.45, 2.75) is 6.92 Å². The number of hydrogen-bond donors (Lipinski definition) is 1. The number of anilines is 1. The van der Waals surface area contributed by atoms with Crippen molar-refractivity contribution in [1.29, 1.82) is 0 Å². The van der Waals surface area contributed by atoms with Crippen LogP contribution >= 0.6 is 0 Å². The standard InChI is InChI=1S/C13H14FNO3S/c1-10-8-15(19(17,18)9-10)12-5-4-11(3-2-6-16)13(14)7-12/h4-5,7,10,16H,6,8-9H2,1H3. The first-order valence-electron chi connectivity index (χ1n) is 5.84. The predicted octanol–water partition coefficient (Wildman–Crippen LogP) is 0.955. The molecule has 1 atom stereocenters. The molecule has 1 N–H and O–H groups in total. The highest BCUT2D eigenvalue weighted by Crippen LogP contribution is 2.28. The Morgan fingerprint density at radius 2 is 2.26 bits per heavy atom. The molecule has 0 aromatic heterocycles. The highest BCUT2D eigenvalue weighted by Gasteiger charge is 2.33. The maximum Gasteiger partial charge on any atom is 0.235 e. The Morgan fingerprint density at radius 1 is 1.53 bits per heavy atom. The zero-order chi connectivity index (χ0) is 14.0. The maximum absolute atomic E-state index is 13.8. The van der Waals surface area contributed by atoms with Crippen LogP contribution in [0.25, 0.3) is 0 Å². The van der Waals surface area contributed by atoms with Gasteiger partial charge in [0.2, 0.25) is 10.0 Å². The van der Waals surface area contributed by atoms with E-state index in [-0.39, 0.29) is 23.8 Å². The number of sulfonamides is 1. The molecular formula is C13H14FNO3S. The molecule has 0 spiro atoms. The first-order chi connectivity index (χ1) is 8.94. The molecule has 1 aliphatic rings. The van der Waals surface area contributed by atoms with E-state index in [9.17, 15) is 12.8 Å². The van der Waals surface area contributed by atoms with Gasteiger partial charge in [-0.3, -0.25) is 4.31 Å². The molecule has 0 saturated carbocycles. The lowest BCUT2D eigenvalue weighted by atomic mass is 10.1. The van der Waals surface area contributed by atoms with Crippen molar-refractivity contribution in [3.63, 3.8) is 0 Å². The lowest BCUT2D eigenvalue weighted by Crippen LogP contribution is -2.25. The first kappa shape index (κ1) is 13.8. The van der Waals surface area contributed by atoms with E-state index in [2.05, 4.69) is 11.8 Å². The molecule has 4 nitrogen and oxygen atoms in total. The third-order valence-corrected chi connectivity index (χ3v) is 4.87. The summed E-state index contributed by atoms with van der Waals surface area (Å²) in [6.07, 6.45) is 0. The number of aliphatic hydroxyl groups is 1. The van der Waals surface area contributed by atoms with Crippen molar-refractivity contribution < 1.29 is 17.9 Å². The molecule has 1 saturated heterocycles. The highest BCUT2D eigenvalue weighted by molar-refractivity contribution is 7.93. The van der Waals surface area contributed by atoms with E-state index in [1.54, 1.807) is 0 Å². The van der Waals surface area contributed by atoms with Gasteiger partial charge in [0.05, 0.1) is 17.0 Å².